The Bertz CT molecular complexity index is 1060. The molecule has 28 heavy (non-hydrogen) atoms. The molecule has 3 heterocycles. The highest BCUT2D eigenvalue weighted by Crippen LogP contribution is 2.33. The van der Waals surface area contributed by atoms with Crippen molar-refractivity contribution in [2.24, 2.45) is 7.05 Å². The lowest BCUT2D eigenvalue weighted by atomic mass is 10.1. The molecular weight excluding hydrogens is 371 g/mol. The fraction of sp³-hybridized carbons (Fsp3) is 0.333. The molecule has 10 heteroatoms. The molecule has 4 rings (SSSR count). The third-order valence-electron chi connectivity index (χ3n) is 4.87. The van der Waals surface area contributed by atoms with Crippen LogP contribution in [0.25, 0.3) is 11.0 Å². The minimum Gasteiger partial charge on any atom is -0.367 e. The van der Waals surface area contributed by atoms with Crippen LogP contribution in [0.2, 0.25) is 0 Å². The summed E-state index contributed by atoms with van der Waals surface area (Å²) >= 11 is 0. The highest BCUT2D eigenvalue weighted by atomic mass is 19.4. The summed E-state index contributed by atoms with van der Waals surface area (Å²) in [5, 5.41) is 14.4. The van der Waals surface area contributed by atoms with Gasteiger partial charge < -0.3 is 9.80 Å². The topological polar surface area (TPSA) is 73.9 Å². The second kappa shape index (κ2) is 6.67. The lowest BCUT2D eigenvalue weighted by Gasteiger charge is -2.37. The normalized spacial score (nSPS) is 15.1. The second-order valence-corrected chi connectivity index (χ2v) is 6.52. The lowest BCUT2D eigenvalue weighted by molar-refractivity contribution is -0.137. The molecule has 0 N–H and O–H groups in total. The summed E-state index contributed by atoms with van der Waals surface area (Å²) < 4.78 is 40.4. The van der Waals surface area contributed by atoms with Crippen LogP contribution in [0.1, 0.15) is 11.1 Å². The number of hydrogen-bond donors (Lipinski definition) is 0. The summed E-state index contributed by atoms with van der Waals surface area (Å²) in [5.74, 6) is 0.783. The molecule has 0 unspecified atom stereocenters. The van der Waals surface area contributed by atoms with Gasteiger partial charge in [0.2, 0.25) is 0 Å². The van der Waals surface area contributed by atoms with E-state index in [4.69, 9.17) is 0 Å². The van der Waals surface area contributed by atoms with E-state index in [-0.39, 0.29) is 5.56 Å². The van der Waals surface area contributed by atoms with Crippen molar-refractivity contribution in [3.63, 3.8) is 0 Å². The first kappa shape index (κ1) is 18.0. The molecule has 2 aromatic heterocycles. The molecule has 1 aromatic carbocycles. The van der Waals surface area contributed by atoms with E-state index in [1.54, 1.807) is 10.9 Å². The van der Waals surface area contributed by atoms with Gasteiger partial charge >= 0.3 is 6.18 Å². The first-order valence-electron chi connectivity index (χ1n) is 8.62. The zero-order valence-corrected chi connectivity index (χ0v) is 15.0. The number of anilines is 2. The number of piperazine rings is 1. The Labute approximate surface area is 158 Å². The van der Waals surface area contributed by atoms with E-state index in [1.165, 1.54) is 12.4 Å². The average molecular weight is 387 g/mol. The summed E-state index contributed by atoms with van der Waals surface area (Å²) in [6.07, 6.45) is -1.25. The van der Waals surface area contributed by atoms with Crippen LogP contribution in [-0.2, 0) is 13.2 Å². The van der Waals surface area contributed by atoms with Gasteiger partial charge in [-0.05, 0) is 18.2 Å². The van der Waals surface area contributed by atoms with Crippen LogP contribution in [0.3, 0.4) is 0 Å². The van der Waals surface area contributed by atoms with Gasteiger partial charge in [-0.15, -0.1) is 0 Å². The highest BCUT2D eigenvalue weighted by molar-refractivity contribution is 5.86. The van der Waals surface area contributed by atoms with Crippen LogP contribution in [0.4, 0.5) is 24.7 Å². The fourth-order valence-electron chi connectivity index (χ4n) is 3.44. The molecule has 7 nitrogen and oxygen atoms in total. The summed E-state index contributed by atoms with van der Waals surface area (Å²) in [7, 11) is 1.81. The molecule has 0 radical (unpaired) electrons. The predicted octanol–water partition coefficient (Wildman–Crippen LogP) is 2.58. The average Bonchev–Trinajstić information content (AvgIpc) is 3.08. The van der Waals surface area contributed by atoms with Crippen molar-refractivity contribution < 1.29 is 13.2 Å². The monoisotopic (exact) mass is 387 g/mol. The summed E-state index contributed by atoms with van der Waals surface area (Å²) in [5.41, 5.74) is 0.470. The Morgan fingerprint density at radius 2 is 1.79 bits per heavy atom. The number of rotatable bonds is 2. The second-order valence-electron chi connectivity index (χ2n) is 6.52. The van der Waals surface area contributed by atoms with E-state index in [0.717, 1.165) is 29.0 Å². The van der Waals surface area contributed by atoms with E-state index in [2.05, 4.69) is 20.0 Å². The van der Waals surface area contributed by atoms with Crippen molar-refractivity contribution in [1.29, 1.82) is 5.26 Å². The maximum Gasteiger partial charge on any atom is 0.416 e. The molecule has 0 atom stereocenters. The predicted molar refractivity (Wildman–Crippen MR) is 96.9 cm³/mol. The van der Waals surface area contributed by atoms with Gasteiger partial charge in [-0.1, -0.05) is 0 Å². The van der Waals surface area contributed by atoms with E-state index in [9.17, 15) is 18.4 Å². The van der Waals surface area contributed by atoms with Gasteiger partial charge in [-0.2, -0.15) is 23.5 Å². The summed E-state index contributed by atoms with van der Waals surface area (Å²) in [4.78, 5) is 12.6. The first-order chi connectivity index (χ1) is 13.4. The van der Waals surface area contributed by atoms with Crippen LogP contribution in [0.15, 0.2) is 30.7 Å². The van der Waals surface area contributed by atoms with Gasteiger partial charge in [0.15, 0.2) is 5.65 Å². The molecule has 144 valence electrons. The van der Waals surface area contributed by atoms with Gasteiger partial charge in [0.25, 0.3) is 0 Å². The minimum atomic E-state index is -4.47. The third-order valence-corrected chi connectivity index (χ3v) is 4.87. The van der Waals surface area contributed by atoms with Crippen LogP contribution in [-0.4, -0.2) is 45.9 Å². The number of aromatic nitrogens is 4. The maximum absolute atomic E-state index is 12.9. The van der Waals surface area contributed by atoms with Crippen LogP contribution >= 0.6 is 0 Å². The van der Waals surface area contributed by atoms with Crippen LogP contribution in [0, 0.1) is 11.3 Å². The molecule has 0 bridgehead atoms. The van der Waals surface area contributed by atoms with Gasteiger partial charge in [0.1, 0.15) is 18.2 Å². The summed E-state index contributed by atoms with van der Waals surface area (Å²) in [6.45, 7) is 2.36. The minimum absolute atomic E-state index is 0.0277. The van der Waals surface area contributed by atoms with Crippen molar-refractivity contribution in [2.75, 3.05) is 36.0 Å². The van der Waals surface area contributed by atoms with Crippen molar-refractivity contribution in [3.05, 3.63) is 41.9 Å². The number of benzene rings is 1. The molecule has 0 spiro atoms. The smallest absolute Gasteiger partial charge is 0.367 e. The highest BCUT2D eigenvalue weighted by Gasteiger charge is 2.32. The zero-order chi connectivity index (χ0) is 19.9. The van der Waals surface area contributed by atoms with Crippen LogP contribution in [0.5, 0.6) is 0 Å². The molecular formula is C18H16F3N7. The number of halogens is 3. The van der Waals surface area contributed by atoms with E-state index < -0.39 is 11.7 Å². The fourth-order valence-corrected chi connectivity index (χ4v) is 3.44. The van der Waals surface area contributed by atoms with Crippen LogP contribution < -0.4 is 9.80 Å². The molecule has 0 saturated carbocycles. The zero-order valence-electron chi connectivity index (χ0n) is 15.0. The number of alkyl halides is 3. The molecule has 1 aliphatic rings. The lowest BCUT2D eigenvalue weighted by Crippen LogP contribution is -2.47. The number of aryl methyl sites for hydroxylation is 1. The number of fused-ring (bicyclic) bond motifs is 1. The quantitative estimate of drug-likeness (QED) is 0.673. The Kier molecular flexibility index (Phi) is 4.30. The number of hydrogen-bond acceptors (Lipinski definition) is 6. The van der Waals surface area contributed by atoms with Crippen molar-refractivity contribution in [1.82, 2.24) is 19.7 Å². The molecule has 0 amide bonds. The molecule has 1 saturated heterocycles. The van der Waals surface area contributed by atoms with E-state index in [0.29, 0.717) is 31.9 Å². The van der Waals surface area contributed by atoms with Crippen molar-refractivity contribution in [2.45, 2.75) is 6.18 Å². The molecule has 3 aromatic rings. The Balaban J connectivity index is 1.55. The van der Waals surface area contributed by atoms with Crippen molar-refractivity contribution >= 4 is 22.5 Å². The van der Waals surface area contributed by atoms with E-state index in [1.807, 2.05) is 18.0 Å². The largest absolute Gasteiger partial charge is 0.416 e. The molecule has 1 aliphatic heterocycles. The van der Waals surface area contributed by atoms with Gasteiger partial charge in [0.05, 0.1) is 28.4 Å². The first-order valence-corrected chi connectivity index (χ1v) is 8.62. The van der Waals surface area contributed by atoms with Crippen molar-refractivity contribution in [3.8, 4) is 6.07 Å². The van der Waals surface area contributed by atoms with Gasteiger partial charge in [-0.25, -0.2) is 9.97 Å². The Morgan fingerprint density at radius 3 is 2.46 bits per heavy atom. The molecule has 1 fully saturated rings. The maximum atomic E-state index is 12.9. The van der Waals surface area contributed by atoms with Gasteiger partial charge in [-0.3, -0.25) is 4.68 Å². The molecule has 0 aliphatic carbocycles. The SMILES string of the molecule is Cn1ncc2c(N3CCN(c4ccc(C(F)(F)F)cc4C#N)CC3)ncnc21. The summed E-state index contributed by atoms with van der Waals surface area (Å²) in [6, 6.07) is 5.19. The Hall–Kier alpha value is -3.35. The number of nitrogens with zero attached hydrogens (tertiary/aromatic N) is 7. The number of nitriles is 1. The Morgan fingerprint density at radius 1 is 1.07 bits per heavy atom. The van der Waals surface area contributed by atoms with E-state index >= 15 is 0 Å². The standard InChI is InChI=1S/C18H16F3N7/c1-26-16-14(10-25-26)17(24-11-23-16)28-6-4-27(5-7-28)15-3-2-13(18(19,20)21)8-12(15)9-22/h2-3,8,10-11H,4-7H2,1H3. The third kappa shape index (κ3) is 3.09. The van der Waals surface area contributed by atoms with Gasteiger partial charge in [0, 0.05) is 33.2 Å².